The number of hydrogen-bond acceptors (Lipinski definition) is 6. The number of carbonyl (C=O) groups is 2. The maximum atomic E-state index is 12.4. The van der Waals surface area contributed by atoms with E-state index in [9.17, 15) is 14.4 Å². The Balaban J connectivity index is 1.60. The van der Waals surface area contributed by atoms with Gasteiger partial charge in [-0.25, -0.2) is 0 Å². The Morgan fingerprint density at radius 1 is 1.25 bits per heavy atom. The number of benzene rings is 1. The first kappa shape index (κ1) is 20.1. The monoisotopic (exact) mass is 400 g/mol. The second-order valence-corrected chi connectivity index (χ2v) is 8.22. The molecular weight excluding hydrogens is 376 g/mol. The molecule has 0 fully saturated rings. The quantitative estimate of drug-likeness (QED) is 0.551. The highest BCUT2D eigenvalue weighted by atomic mass is 32.1. The van der Waals surface area contributed by atoms with E-state index in [4.69, 9.17) is 4.74 Å². The van der Waals surface area contributed by atoms with Gasteiger partial charge in [0, 0.05) is 47.5 Å². The molecule has 6 nitrogen and oxygen atoms in total. The third-order valence-electron chi connectivity index (χ3n) is 5.13. The minimum Gasteiger partial charge on any atom is -0.457 e. The van der Waals surface area contributed by atoms with E-state index in [1.54, 1.807) is 11.5 Å². The molecule has 0 atom stereocenters. The van der Waals surface area contributed by atoms with Gasteiger partial charge in [-0.2, -0.15) is 0 Å². The zero-order valence-corrected chi connectivity index (χ0v) is 17.3. The number of likely N-dealkylation sites (N-methyl/N-ethyl adjacent to an activating group) is 1. The van der Waals surface area contributed by atoms with Gasteiger partial charge in [0.15, 0.2) is 12.4 Å². The average Bonchev–Trinajstić information content (AvgIpc) is 3.08. The van der Waals surface area contributed by atoms with Gasteiger partial charge in [-0.1, -0.05) is 43.4 Å². The van der Waals surface area contributed by atoms with Crippen molar-refractivity contribution in [2.24, 2.45) is 0 Å². The molecule has 3 rings (SSSR count). The molecule has 0 bridgehead atoms. The summed E-state index contributed by atoms with van der Waals surface area (Å²) in [5, 5.41) is 1.75. The number of anilines is 1. The molecule has 2 heterocycles. The van der Waals surface area contributed by atoms with E-state index in [1.807, 2.05) is 37.1 Å². The van der Waals surface area contributed by atoms with Gasteiger partial charge >= 0.3 is 10.8 Å². The summed E-state index contributed by atoms with van der Waals surface area (Å²) < 4.78 is 6.64. The van der Waals surface area contributed by atoms with Gasteiger partial charge in [0.25, 0.3) is 0 Å². The number of ether oxygens (including phenoxy) is 1. The molecule has 0 spiro atoms. The Labute approximate surface area is 168 Å². The zero-order valence-electron chi connectivity index (χ0n) is 16.5. The molecule has 1 aliphatic rings. The molecule has 0 saturated carbocycles. The topological polar surface area (TPSA) is 68.6 Å². The zero-order chi connectivity index (χ0) is 20.5. The Morgan fingerprint density at radius 2 is 1.96 bits per heavy atom. The number of hydrogen-bond donors (Lipinski definition) is 0. The van der Waals surface area contributed by atoms with Gasteiger partial charge in [0.1, 0.15) is 0 Å². The smallest absolute Gasteiger partial charge is 0.308 e. The van der Waals surface area contributed by atoms with Crippen LogP contribution in [0.15, 0.2) is 46.2 Å². The number of nitrogens with zero attached hydrogens (tertiary/aromatic N) is 2. The minimum atomic E-state index is -0.494. The van der Waals surface area contributed by atoms with Crippen LogP contribution in [-0.4, -0.2) is 30.0 Å². The standard InChI is InChI=1S/C21H24N2O4S/c1-14-13-28-20(26)23(14)10-9-19(25)27-12-15(24)11-18-21(2,3)16-7-5-6-8-17(16)22(18)4/h5-8,11,13H,9-10,12H2,1-4H3/b18-11-. The SMILES string of the molecule is Cc1csc(=O)n1CCC(=O)OCC(=O)/C=C1\N(C)c2ccccc2C1(C)C. The average molecular weight is 401 g/mol. The van der Waals surface area contributed by atoms with Crippen LogP contribution in [0.5, 0.6) is 0 Å². The fourth-order valence-corrected chi connectivity index (χ4v) is 4.32. The lowest BCUT2D eigenvalue weighted by atomic mass is 9.83. The molecule has 0 aliphatic carbocycles. The van der Waals surface area contributed by atoms with E-state index in [0.717, 1.165) is 34.0 Å². The number of esters is 1. The van der Waals surface area contributed by atoms with Crippen LogP contribution in [0.2, 0.25) is 0 Å². The molecule has 0 radical (unpaired) electrons. The number of aryl methyl sites for hydroxylation is 1. The van der Waals surface area contributed by atoms with Gasteiger partial charge in [-0.05, 0) is 18.6 Å². The number of ketones is 1. The van der Waals surface area contributed by atoms with Gasteiger partial charge in [0.2, 0.25) is 0 Å². The van der Waals surface area contributed by atoms with Crippen LogP contribution in [0.3, 0.4) is 0 Å². The van der Waals surface area contributed by atoms with Gasteiger partial charge in [0.05, 0.1) is 6.42 Å². The first-order valence-electron chi connectivity index (χ1n) is 9.10. The molecule has 0 amide bonds. The predicted molar refractivity (Wildman–Crippen MR) is 110 cm³/mol. The van der Waals surface area contributed by atoms with Crippen molar-refractivity contribution in [3.8, 4) is 0 Å². The molecule has 0 saturated heterocycles. The maximum Gasteiger partial charge on any atom is 0.308 e. The van der Waals surface area contributed by atoms with Crippen molar-refractivity contribution in [2.75, 3.05) is 18.6 Å². The number of allylic oxidation sites excluding steroid dienone is 1. The van der Waals surface area contributed by atoms with E-state index in [0.29, 0.717) is 0 Å². The number of aromatic nitrogens is 1. The number of para-hydroxylation sites is 1. The largest absolute Gasteiger partial charge is 0.457 e. The molecule has 1 aliphatic heterocycles. The third kappa shape index (κ3) is 3.80. The number of thiazole rings is 1. The second-order valence-electron chi connectivity index (χ2n) is 7.40. The van der Waals surface area contributed by atoms with E-state index in [-0.39, 0.29) is 35.6 Å². The Kier molecular flexibility index (Phi) is 5.56. The van der Waals surface area contributed by atoms with Gasteiger partial charge in [-0.15, -0.1) is 0 Å². The van der Waals surface area contributed by atoms with Crippen molar-refractivity contribution >= 4 is 28.8 Å². The van der Waals surface area contributed by atoms with Crippen LogP contribution >= 0.6 is 11.3 Å². The molecule has 2 aromatic rings. The number of carbonyl (C=O) groups excluding carboxylic acids is 2. The first-order chi connectivity index (χ1) is 13.2. The summed E-state index contributed by atoms with van der Waals surface area (Å²) in [5.41, 5.74) is 3.61. The van der Waals surface area contributed by atoms with Crippen LogP contribution in [0.1, 0.15) is 31.5 Å². The van der Waals surface area contributed by atoms with Crippen LogP contribution in [0.4, 0.5) is 5.69 Å². The van der Waals surface area contributed by atoms with Gasteiger partial charge < -0.3 is 14.2 Å². The van der Waals surface area contributed by atoms with Crippen LogP contribution < -0.4 is 9.77 Å². The van der Waals surface area contributed by atoms with Crippen molar-refractivity contribution in [3.05, 3.63) is 62.3 Å². The lowest BCUT2D eigenvalue weighted by molar-refractivity contribution is -0.147. The summed E-state index contributed by atoms with van der Waals surface area (Å²) >= 11 is 1.10. The van der Waals surface area contributed by atoms with E-state index >= 15 is 0 Å². The summed E-state index contributed by atoms with van der Waals surface area (Å²) in [7, 11) is 1.93. The highest BCUT2D eigenvalue weighted by molar-refractivity contribution is 7.07. The molecular formula is C21H24N2O4S. The van der Waals surface area contributed by atoms with Gasteiger partial charge in [-0.3, -0.25) is 14.4 Å². The fourth-order valence-electron chi connectivity index (χ4n) is 3.55. The Hall–Kier alpha value is -2.67. The number of fused-ring (bicyclic) bond motifs is 1. The summed E-state index contributed by atoms with van der Waals surface area (Å²) in [6.07, 6.45) is 1.61. The lowest BCUT2D eigenvalue weighted by Gasteiger charge is -2.23. The summed E-state index contributed by atoms with van der Waals surface area (Å²) in [6.45, 7) is 5.91. The number of rotatable bonds is 6. The van der Waals surface area contributed by atoms with Crippen molar-refractivity contribution < 1.29 is 14.3 Å². The maximum absolute atomic E-state index is 12.4. The third-order valence-corrected chi connectivity index (χ3v) is 6.01. The first-order valence-corrected chi connectivity index (χ1v) is 9.98. The highest BCUT2D eigenvalue weighted by Crippen LogP contribution is 2.46. The fraction of sp³-hybridized carbons (Fsp3) is 0.381. The Bertz CT molecular complexity index is 1000. The Morgan fingerprint density at radius 3 is 2.61 bits per heavy atom. The highest BCUT2D eigenvalue weighted by Gasteiger charge is 2.38. The van der Waals surface area contributed by atoms with Crippen molar-refractivity contribution in [1.29, 1.82) is 0 Å². The van der Waals surface area contributed by atoms with E-state index in [1.165, 1.54) is 4.57 Å². The summed E-state index contributed by atoms with van der Waals surface area (Å²) in [5.74, 6) is -0.758. The summed E-state index contributed by atoms with van der Waals surface area (Å²) in [4.78, 5) is 37.9. The normalized spacial score (nSPS) is 16.3. The van der Waals surface area contributed by atoms with E-state index in [2.05, 4.69) is 19.9 Å². The second kappa shape index (κ2) is 7.75. The van der Waals surface area contributed by atoms with Crippen LogP contribution in [0.25, 0.3) is 0 Å². The van der Waals surface area contributed by atoms with Crippen molar-refractivity contribution in [2.45, 2.75) is 39.2 Å². The minimum absolute atomic E-state index is 0.0537. The van der Waals surface area contributed by atoms with Crippen LogP contribution in [0, 0.1) is 6.92 Å². The van der Waals surface area contributed by atoms with Crippen molar-refractivity contribution in [1.82, 2.24) is 4.57 Å². The molecule has 1 aromatic heterocycles. The molecule has 0 N–H and O–H groups in total. The molecule has 1 aromatic carbocycles. The molecule has 148 valence electrons. The van der Waals surface area contributed by atoms with Crippen molar-refractivity contribution in [3.63, 3.8) is 0 Å². The molecule has 7 heteroatoms. The van der Waals surface area contributed by atoms with Crippen LogP contribution in [-0.2, 0) is 26.3 Å². The molecule has 0 unspecified atom stereocenters. The summed E-state index contributed by atoms with van der Waals surface area (Å²) in [6, 6.07) is 8.04. The lowest BCUT2D eigenvalue weighted by Crippen LogP contribution is -2.25. The molecule has 28 heavy (non-hydrogen) atoms. The predicted octanol–water partition coefficient (Wildman–Crippen LogP) is 3.03. The van der Waals surface area contributed by atoms with E-state index < -0.39 is 5.97 Å².